The second-order valence-corrected chi connectivity index (χ2v) is 4.16. The van der Waals surface area contributed by atoms with Crippen molar-refractivity contribution in [3.63, 3.8) is 0 Å². The molecule has 0 fully saturated rings. The van der Waals surface area contributed by atoms with Gasteiger partial charge in [0.05, 0.1) is 0 Å². The Hall–Kier alpha value is -1.85. The largest absolute Gasteiger partial charge is 0.480 e. The summed E-state index contributed by atoms with van der Waals surface area (Å²) < 4.78 is 0. The number of primary amides is 1. The van der Waals surface area contributed by atoms with E-state index in [4.69, 9.17) is 10.8 Å². The van der Waals surface area contributed by atoms with Crippen LogP contribution in [0.4, 0.5) is 0 Å². The molecule has 0 aromatic heterocycles. The number of nitrogens with one attached hydrogen (secondary N) is 1. The Morgan fingerprint density at radius 2 is 2.00 bits per heavy atom. The summed E-state index contributed by atoms with van der Waals surface area (Å²) in [6.07, 6.45) is 4.55. The number of aliphatic carboxylic acids is 1. The van der Waals surface area contributed by atoms with Gasteiger partial charge in [-0.1, -0.05) is 26.3 Å². The molecular weight excluding hydrogens is 236 g/mol. The summed E-state index contributed by atoms with van der Waals surface area (Å²) >= 11 is 0. The number of unbranched alkanes of at least 4 members (excludes halogenated alkanes) is 1. The third-order valence-electron chi connectivity index (χ3n) is 2.38. The molecular formula is C12H20N2O4. The lowest BCUT2D eigenvalue weighted by molar-refractivity contribution is -0.142. The smallest absolute Gasteiger partial charge is 0.326 e. The van der Waals surface area contributed by atoms with Crippen LogP contribution < -0.4 is 11.1 Å². The maximum absolute atomic E-state index is 11.4. The van der Waals surface area contributed by atoms with Crippen molar-refractivity contribution in [2.24, 2.45) is 11.7 Å². The first kappa shape index (κ1) is 16.1. The zero-order valence-corrected chi connectivity index (χ0v) is 10.7. The van der Waals surface area contributed by atoms with Crippen LogP contribution in [0.3, 0.4) is 0 Å². The third kappa shape index (κ3) is 6.67. The maximum atomic E-state index is 11.4. The number of allylic oxidation sites excluding steroid dienone is 1. The summed E-state index contributed by atoms with van der Waals surface area (Å²) in [7, 11) is 0. The van der Waals surface area contributed by atoms with Crippen LogP contribution in [0.15, 0.2) is 12.2 Å². The lowest BCUT2D eigenvalue weighted by Gasteiger charge is -2.19. The van der Waals surface area contributed by atoms with E-state index < -0.39 is 29.7 Å². The van der Waals surface area contributed by atoms with Gasteiger partial charge in [0.15, 0.2) is 0 Å². The van der Waals surface area contributed by atoms with Crippen LogP contribution in [0, 0.1) is 5.92 Å². The molecule has 0 spiro atoms. The summed E-state index contributed by atoms with van der Waals surface area (Å²) in [5.74, 6) is -2.80. The Kier molecular flexibility index (Phi) is 7.42. The standard InChI is InChI=1S/C12H20N2O4/c1-3-4-5-6-10(16)14-11(12(17)18)8(2)7-9(13)15/h5-6,8,11H,3-4,7H2,1-2H3,(H2,13,15)(H,14,16)(H,17,18)/t8?,11-/m0/s1. The first-order valence-corrected chi connectivity index (χ1v) is 5.86. The third-order valence-corrected chi connectivity index (χ3v) is 2.38. The predicted octanol–water partition coefficient (Wildman–Crippen LogP) is 0.424. The molecule has 0 saturated carbocycles. The Balaban J connectivity index is 4.48. The lowest BCUT2D eigenvalue weighted by Crippen LogP contribution is -2.45. The molecule has 0 aliphatic heterocycles. The SMILES string of the molecule is CCCC=CC(=O)N[C@H](C(=O)O)C(C)CC(N)=O. The lowest BCUT2D eigenvalue weighted by atomic mass is 9.98. The highest BCUT2D eigenvalue weighted by Crippen LogP contribution is 2.08. The van der Waals surface area contributed by atoms with Crippen molar-refractivity contribution in [2.75, 3.05) is 0 Å². The van der Waals surface area contributed by atoms with Crippen LogP contribution in [-0.2, 0) is 14.4 Å². The van der Waals surface area contributed by atoms with Crippen LogP contribution in [0.25, 0.3) is 0 Å². The highest BCUT2D eigenvalue weighted by molar-refractivity contribution is 5.91. The Bertz CT molecular complexity index is 339. The van der Waals surface area contributed by atoms with Gasteiger partial charge in [0, 0.05) is 6.42 Å². The number of carbonyl (C=O) groups excluding carboxylic acids is 2. The molecule has 6 nitrogen and oxygen atoms in total. The van der Waals surface area contributed by atoms with Gasteiger partial charge >= 0.3 is 5.97 Å². The number of carboxylic acids is 1. The molecule has 4 N–H and O–H groups in total. The van der Waals surface area contributed by atoms with E-state index in [0.29, 0.717) is 0 Å². The summed E-state index contributed by atoms with van der Waals surface area (Å²) in [4.78, 5) is 33.2. The minimum atomic E-state index is -1.18. The fourth-order valence-electron chi connectivity index (χ4n) is 1.44. The number of hydrogen-bond acceptors (Lipinski definition) is 3. The molecule has 0 aromatic rings. The molecule has 0 aromatic carbocycles. The summed E-state index contributed by atoms with van der Waals surface area (Å²) in [5, 5.41) is 11.3. The Morgan fingerprint density at radius 1 is 1.39 bits per heavy atom. The van der Waals surface area contributed by atoms with Crippen LogP contribution in [0.2, 0.25) is 0 Å². The fraction of sp³-hybridized carbons (Fsp3) is 0.583. The van der Waals surface area contributed by atoms with Crippen LogP contribution >= 0.6 is 0 Å². The summed E-state index contributed by atoms with van der Waals surface area (Å²) in [6, 6.07) is -1.11. The molecule has 2 amide bonds. The van der Waals surface area contributed by atoms with Gasteiger partial charge in [0.2, 0.25) is 11.8 Å². The molecule has 0 saturated heterocycles. The highest BCUT2D eigenvalue weighted by Gasteiger charge is 2.26. The minimum Gasteiger partial charge on any atom is -0.480 e. The van der Waals surface area contributed by atoms with Crippen molar-refractivity contribution in [3.05, 3.63) is 12.2 Å². The summed E-state index contributed by atoms with van der Waals surface area (Å²) in [5.41, 5.74) is 5.00. The van der Waals surface area contributed by atoms with Crippen LogP contribution in [0.1, 0.15) is 33.1 Å². The van der Waals surface area contributed by atoms with Gasteiger partial charge in [0.25, 0.3) is 0 Å². The number of carbonyl (C=O) groups is 3. The van der Waals surface area contributed by atoms with E-state index in [0.717, 1.165) is 12.8 Å². The highest BCUT2D eigenvalue weighted by atomic mass is 16.4. The first-order valence-electron chi connectivity index (χ1n) is 5.86. The molecule has 102 valence electrons. The number of rotatable bonds is 8. The van der Waals surface area contributed by atoms with Gasteiger partial charge in [-0.15, -0.1) is 0 Å². The van der Waals surface area contributed by atoms with E-state index in [1.54, 1.807) is 13.0 Å². The molecule has 18 heavy (non-hydrogen) atoms. The van der Waals surface area contributed by atoms with E-state index in [9.17, 15) is 14.4 Å². The molecule has 0 heterocycles. The Labute approximate surface area is 106 Å². The van der Waals surface area contributed by atoms with Crippen molar-refractivity contribution < 1.29 is 19.5 Å². The van der Waals surface area contributed by atoms with E-state index in [2.05, 4.69) is 5.32 Å². The molecule has 1 unspecified atom stereocenters. The normalized spacial score (nSPS) is 14.1. The molecule has 0 bridgehead atoms. The zero-order valence-electron chi connectivity index (χ0n) is 10.7. The number of nitrogens with two attached hydrogens (primary N) is 1. The fourth-order valence-corrected chi connectivity index (χ4v) is 1.44. The van der Waals surface area contributed by atoms with E-state index >= 15 is 0 Å². The Morgan fingerprint density at radius 3 is 2.44 bits per heavy atom. The molecule has 0 rings (SSSR count). The average molecular weight is 256 g/mol. The monoisotopic (exact) mass is 256 g/mol. The average Bonchev–Trinajstić information content (AvgIpc) is 2.24. The minimum absolute atomic E-state index is 0.0874. The number of hydrogen-bond donors (Lipinski definition) is 3. The first-order chi connectivity index (χ1) is 8.38. The van der Waals surface area contributed by atoms with Gasteiger partial charge in [-0.3, -0.25) is 9.59 Å². The van der Waals surface area contributed by atoms with Gasteiger partial charge in [-0.2, -0.15) is 0 Å². The van der Waals surface area contributed by atoms with Crippen molar-refractivity contribution in [1.82, 2.24) is 5.32 Å². The van der Waals surface area contributed by atoms with Crippen LogP contribution in [0.5, 0.6) is 0 Å². The summed E-state index contributed by atoms with van der Waals surface area (Å²) in [6.45, 7) is 3.52. The molecule has 6 heteroatoms. The topological polar surface area (TPSA) is 109 Å². The van der Waals surface area contributed by atoms with E-state index in [1.165, 1.54) is 6.08 Å². The molecule has 0 aliphatic carbocycles. The van der Waals surface area contributed by atoms with Crippen molar-refractivity contribution in [1.29, 1.82) is 0 Å². The number of carboxylic acid groups (broad SMARTS) is 1. The van der Waals surface area contributed by atoms with Crippen molar-refractivity contribution in [3.8, 4) is 0 Å². The maximum Gasteiger partial charge on any atom is 0.326 e. The number of amides is 2. The second kappa shape index (κ2) is 8.27. The van der Waals surface area contributed by atoms with Crippen LogP contribution in [-0.4, -0.2) is 28.9 Å². The van der Waals surface area contributed by atoms with E-state index in [1.807, 2.05) is 6.92 Å². The second-order valence-electron chi connectivity index (χ2n) is 4.16. The van der Waals surface area contributed by atoms with Crippen molar-refractivity contribution >= 4 is 17.8 Å². The predicted molar refractivity (Wildman–Crippen MR) is 66.6 cm³/mol. The molecule has 0 radical (unpaired) electrons. The zero-order chi connectivity index (χ0) is 14.1. The van der Waals surface area contributed by atoms with Gasteiger partial charge in [-0.25, -0.2) is 4.79 Å². The van der Waals surface area contributed by atoms with Gasteiger partial charge in [0.1, 0.15) is 6.04 Å². The van der Waals surface area contributed by atoms with E-state index in [-0.39, 0.29) is 6.42 Å². The molecule has 0 aliphatic rings. The quantitative estimate of drug-likeness (QED) is 0.547. The van der Waals surface area contributed by atoms with Crippen molar-refractivity contribution in [2.45, 2.75) is 39.2 Å². The van der Waals surface area contributed by atoms with Gasteiger partial charge < -0.3 is 16.2 Å². The van der Waals surface area contributed by atoms with Gasteiger partial charge in [-0.05, 0) is 18.4 Å². The molecule has 2 atom stereocenters.